The molecule has 4 nitrogen and oxygen atoms in total. The summed E-state index contributed by atoms with van der Waals surface area (Å²) in [6, 6.07) is 0.349. The standard InChI is InChI=1S/C19H38N2O2/c1-5-6-7-8-9-10-14-20-15-13-17-12-11-16-21(17)18(22)23-19(2,3)4/h17,20H,5-16H2,1-4H3. The Labute approximate surface area is 143 Å². The smallest absolute Gasteiger partial charge is 0.410 e. The zero-order valence-corrected chi connectivity index (χ0v) is 15.8. The second-order valence-corrected chi connectivity index (χ2v) is 7.78. The lowest BCUT2D eigenvalue weighted by Crippen LogP contribution is -2.40. The van der Waals surface area contributed by atoms with Gasteiger partial charge in [0.05, 0.1) is 0 Å². The molecule has 1 heterocycles. The topological polar surface area (TPSA) is 41.6 Å². The van der Waals surface area contributed by atoms with Crippen LogP contribution < -0.4 is 5.32 Å². The Balaban J connectivity index is 2.10. The predicted molar refractivity (Wildman–Crippen MR) is 96.8 cm³/mol. The third-order valence-electron chi connectivity index (χ3n) is 4.37. The van der Waals surface area contributed by atoms with Crippen molar-refractivity contribution in [2.75, 3.05) is 19.6 Å². The van der Waals surface area contributed by atoms with Gasteiger partial charge in [-0.15, -0.1) is 0 Å². The molecule has 136 valence electrons. The zero-order valence-electron chi connectivity index (χ0n) is 15.8. The van der Waals surface area contributed by atoms with Gasteiger partial charge in [0.2, 0.25) is 0 Å². The van der Waals surface area contributed by atoms with Crippen LogP contribution in [0.3, 0.4) is 0 Å². The van der Waals surface area contributed by atoms with Crippen LogP contribution in [0.4, 0.5) is 4.79 Å². The highest BCUT2D eigenvalue weighted by Crippen LogP contribution is 2.22. The largest absolute Gasteiger partial charge is 0.444 e. The predicted octanol–water partition coefficient (Wildman–Crippen LogP) is 4.73. The number of likely N-dealkylation sites (tertiary alicyclic amines) is 1. The molecule has 1 aliphatic heterocycles. The van der Waals surface area contributed by atoms with Crippen molar-refractivity contribution < 1.29 is 9.53 Å². The number of ether oxygens (including phenoxy) is 1. The van der Waals surface area contributed by atoms with Crippen molar-refractivity contribution in [2.45, 2.75) is 97.1 Å². The Morgan fingerprint density at radius 2 is 1.83 bits per heavy atom. The first kappa shape index (κ1) is 20.3. The van der Waals surface area contributed by atoms with Gasteiger partial charge in [0.25, 0.3) is 0 Å². The molecule has 1 N–H and O–H groups in total. The molecule has 1 saturated heterocycles. The van der Waals surface area contributed by atoms with Gasteiger partial charge in [-0.1, -0.05) is 39.0 Å². The summed E-state index contributed by atoms with van der Waals surface area (Å²) < 4.78 is 5.51. The molecule has 0 aliphatic carbocycles. The minimum atomic E-state index is -0.403. The van der Waals surface area contributed by atoms with E-state index in [2.05, 4.69) is 12.2 Å². The lowest BCUT2D eigenvalue weighted by Gasteiger charge is -2.28. The molecule has 0 bridgehead atoms. The van der Waals surface area contributed by atoms with E-state index in [-0.39, 0.29) is 6.09 Å². The van der Waals surface area contributed by atoms with Crippen LogP contribution in [0.5, 0.6) is 0 Å². The summed E-state index contributed by atoms with van der Waals surface area (Å²) in [4.78, 5) is 14.1. The molecular weight excluding hydrogens is 288 g/mol. The summed E-state index contributed by atoms with van der Waals surface area (Å²) in [5, 5.41) is 3.53. The number of hydrogen-bond donors (Lipinski definition) is 1. The lowest BCUT2D eigenvalue weighted by atomic mass is 10.1. The minimum absolute atomic E-state index is 0.143. The molecule has 0 radical (unpaired) electrons. The normalized spacial score (nSPS) is 18.4. The lowest BCUT2D eigenvalue weighted by molar-refractivity contribution is 0.0221. The van der Waals surface area contributed by atoms with Crippen molar-refractivity contribution in [3.63, 3.8) is 0 Å². The fourth-order valence-corrected chi connectivity index (χ4v) is 3.12. The third kappa shape index (κ3) is 9.19. The number of unbranched alkanes of at least 4 members (excludes halogenated alkanes) is 5. The first-order valence-electron chi connectivity index (χ1n) is 9.64. The summed E-state index contributed by atoms with van der Waals surface area (Å²) in [6.45, 7) is 11.0. The Kier molecular flexibility index (Phi) is 9.61. The molecule has 1 amide bonds. The molecule has 1 aliphatic rings. The number of nitrogens with one attached hydrogen (secondary N) is 1. The molecule has 1 unspecified atom stereocenters. The molecule has 1 rings (SSSR count). The highest BCUT2D eigenvalue weighted by molar-refractivity contribution is 5.68. The van der Waals surface area contributed by atoms with Gasteiger partial charge in [0.15, 0.2) is 0 Å². The van der Waals surface area contributed by atoms with E-state index in [1.165, 1.54) is 38.5 Å². The van der Waals surface area contributed by atoms with E-state index in [1.807, 2.05) is 25.7 Å². The number of rotatable bonds is 10. The summed E-state index contributed by atoms with van der Waals surface area (Å²) in [5.41, 5.74) is -0.403. The van der Waals surface area contributed by atoms with Gasteiger partial charge in [-0.25, -0.2) is 4.79 Å². The average molecular weight is 327 g/mol. The molecule has 1 atom stereocenters. The fraction of sp³-hybridized carbons (Fsp3) is 0.947. The van der Waals surface area contributed by atoms with Crippen LogP contribution in [0.2, 0.25) is 0 Å². The summed E-state index contributed by atoms with van der Waals surface area (Å²) in [6.07, 6.45) is 11.1. The maximum atomic E-state index is 12.2. The van der Waals surface area contributed by atoms with Gasteiger partial charge in [-0.05, 0) is 59.5 Å². The van der Waals surface area contributed by atoms with E-state index in [0.717, 1.165) is 38.9 Å². The van der Waals surface area contributed by atoms with Crippen molar-refractivity contribution >= 4 is 6.09 Å². The molecule has 23 heavy (non-hydrogen) atoms. The molecule has 0 spiro atoms. The monoisotopic (exact) mass is 326 g/mol. The van der Waals surface area contributed by atoms with Gasteiger partial charge < -0.3 is 15.0 Å². The fourth-order valence-electron chi connectivity index (χ4n) is 3.12. The quantitative estimate of drug-likeness (QED) is 0.590. The van der Waals surface area contributed by atoms with Crippen LogP contribution in [0, 0.1) is 0 Å². The van der Waals surface area contributed by atoms with E-state index in [0.29, 0.717) is 6.04 Å². The number of carbonyl (C=O) groups is 1. The highest BCUT2D eigenvalue weighted by Gasteiger charge is 2.31. The van der Waals surface area contributed by atoms with Crippen LogP contribution in [0.15, 0.2) is 0 Å². The van der Waals surface area contributed by atoms with Crippen molar-refractivity contribution in [3.05, 3.63) is 0 Å². The van der Waals surface area contributed by atoms with E-state index in [9.17, 15) is 4.79 Å². The van der Waals surface area contributed by atoms with Gasteiger partial charge in [0, 0.05) is 12.6 Å². The highest BCUT2D eigenvalue weighted by atomic mass is 16.6. The molecule has 0 aromatic rings. The van der Waals surface area contributed by atoms with Gasteiger partial charge in [-0.2, -0.15) is 0 Å². The van der Waals surface area contributed by atoms with Gasteiger partial charge in [-0.3, -0.25) is 0 Å². The van der Waals surface area contributed by atoms with Crippen molar-refractivity contribution in [2.24, 2.45) is 0 Å². The number of hydrogen-bond acceptors (Lipinski definition) is 3. The Bertz CT molecular complexity index is 326. The zero-order chi connectivity index (χ0) is 17.1. The number of amides is 1. The minimum Gasteiger partial charge on any atom is -0.444 e. The van der Waals surface area contributed by atoms with Gasteiger partial charge in [0.1, 0.15) is 5.60 Å². The molecule has 0 aromatic carbocycles. The molecular formula is C19H38N2O2. The summed E-state index contributed by atoms with van der Waals surface area (Å²) >= 11 is 0. The molecule has 4 heteroatoms. The number of carbonyl (C=O) groups excluding carboxylic acids is 1. The van der Waals surface area contributed by atoms with Gasteiger partial charge >= 0.3 is 6.09 Å². The van der Waals surface area contributed by atoms with Crippen LogP contribution in [-0.2, 0) is 4.74 Å². The van der Waals surface area contributed by atoms with Crippen molar-refractivity contribution in [1.82, 2.24) is 10.2 Å². The first-order chi connectivity index (χ1) is 10.9. The van der Waals surface area contributed by atoms with Crippen LogP contribution in [0.1, 0.15) is 85.5 Å². The molecule has 1 fully saturated rings. The first-order valence-corrected chi connectivity index (χ1v) is 9.64. The van der Waals surface area contributed by atoms with Crippen molar-refractivity contribution in [3.8, 4) is 0 Å². The number of nitrogens with zero attached hydrogens (tertiary/aromatic N) is 1. The molecule has 0 saturated carbocycles. The third-order valence-corrected chi connectivity index (χ3v) is 4.37. The Morgan fingerprint density at radius 3 is 2.52 bits per heavy atom. The second-order valence-electron chi connectivity index (χ2n) is 7.78. The van der Waals surface area contributed by atoms with E-state index in [1.54, 1.807) is 0 Å². The average Bonchev–Trinajstić information content (AvgIpc) is 2.92. The van der Waals surface area contributed by atoms with E-state index < -0.39 is 5.60 Å². The Hall–Kier alpha value is -0.770. The summed E-state index contributed by atoms with van der Waals surface area (Å²) in [7, 11) is 0. The van der Waals surface area contributed by atoms with Crippen molar-refractivity contribution in [1.29, 1.82) is 0 Å². The Morgan fingerprint density at radius 1 is 1.13 bits per heavy atom. The van der Waals surface area contributed by atoms with Crippen LogP contribution >= 0.6 is 0 Å². The second kappa shape index (κ2) is 10.9. The van der Waals surface area contributed by atoms with Crippen LogP contribution in [0.25, 0.3) is 0 Å². The maximum absolute atomic E-state index is 12.2. The maximum Gasteiger partial charge on any atom is 0.410 e. The SMILES string of the molecule is CCCCCCCCNCCC1CCCN1C(=O)OC(C)(C)C. The molecule has 0 aromatic heterocycles. The van der Waals surface area contributed by atoms with E-state index in [4.69, 9.17) is 4.74 Å². The summed E-state index contributed by atoms with van der Waals surface area (Å²) in [5.74, 6) is 0. The van der Waals surface area contributed by atoms with Crippen LogP contribution in [-0.4, -0.2) is 42.3 Å². The van der Waals surface area contributed by atoms with E-state index >= 15 is 0 Å².